The molecule has 1 amide bonds. The van der Waals surface area contributed by atoms with Crippen LogP contribution in [-0.2, 0) is 4.79 Å². The van der Waals surface area contributed by atoms with Crippen LogP contribution in [0.15, 0.2) is 18.2 Å². The maximum absolute atomic E-state index is 12.0. The summed E-state index contributed by atoms with van der Waals surface area (Å²) in [5.41, 5.74) is 0.281. The highest BCUT2D eigenvalue weighted by molar-refractivity contribution is 6.31. The van der Waals surface area contributed by atoms with Crippen LogP contribution in [0.3, 0.4) is 0 Å². The van der Waals surface area contributed by atoms with Gasteiger partial charge in [0.2, 0.25) is 0 Å². The predicted molar refractivity (Wildman–Crippen MR) is 60.5 cm³/mol. The lowest BCUT2D eigenvalue weighted by Gasteiger charge is -2.20. The standard InChI is InChI=1S/C11H10ClNO4/c1-13-8(11(15)16)5-17-9-3-2-6(12)4-7(9)10(13)14/h2-4,8H,5H2,1H3,(H,15,16). The van der Waals surface area contributed by atoms with Gasteiger partial charge in [-0.1, -0.05) is 11.6 Å². The van der Waals surface area contributed by atoms with Crippen molar-refractivity contribution in [3.05, 3.63) is 28.8 Å². The Kier molecular flexibility index (Phi) is 2.93. The molecule has 6 heteroatoms. The maximum atomic E-state index is 12.0. The van der Waals surface area contributed by atoms with Crippen molar-refractivity contribution in [2.24, 2.45) is 0 Å². The molecule has 1 heterocycles. The van der Waals surface area contributed by atoms with Crippen LogP contribution in [0.1, 0.15) is 10.4 Å². The monoisotopic (exact) mass is 255 g/mol. The zero-order valence-corrected chi connectivity index (χ0v) is 9.77. The molecule has 2 rings (SSSR count). The number of nitrogens with zero attached hydrogens (tertiary/aromatic N) is 1. The van der Waals surface area contributed by atoms with Crippen molar-refractivity contribution in [1.29, 1.82) is 0 Å². The van der Waals surface area contributed by atoms with Crippen molar-refractivity contribution in [2.75, 3.05) is 13.7 Å². The molecule has 1 unspecified atom stereocenters. The Hall–Kier alpha value is -1.75. The lowest BCUT2D eigenvalue weighted by atomic mass is 10.1. The minimum atomic E-state index is -1.10. The van der Waals surface area contributed by atoms with E-state index in [-0.39, 0.29) is 12.2 Å². The van der Waals surface area contributed by atoms with E-state index in [1.54, 1.807) is 12.1 Å². The highest BCUT2D eigenvalue weighted by Crippen LogP contribution is 2.27. The lowest BCUT2D eigenvalue weighted by molar-refractivity contribution is -0.142. The lowest BCUT2D eigenvalue weighted by Crippen LogP contribution is -2.44. The fourth-order valence-electron chi connectivity index (χ4n) is 1.64. The van der Waals surface area contributed by atoms with Crippen LogP contribution < -0.4 is 4.74 Å². The number of hydrogen-bond donors (Lipinski definition) is 1. The normalized spacial score (nSPS) is 19.3. The average molecular weight is 256 g/mol. The molecular weight excluding hydrogens is 246 g/mol. The number of carbonyl (C=O) groups is 2. The molecule has 1 aromatic carbocycles. The Bertz CT molecular complexity index is 488. The number of ether oxygens (including phenoxy) is 1. The second-order valence-corrected chi connectivity index (χ2v) is 4.16. The molecular formula is C11H10ClNO4. The van der Waals surface area contributed by atoms with Gasteiger partial charge in [-0.15, -0.1) is 0 Å². The molecule has 17 heavy (non-hydrogen) atoms. The van der Waals surface area contributed by atoms with E-state index >= 15 is 0 Å². The molecule has 5 nitrogen and oxygen atoms in total. The number of fused-ring (bicyclic) bond motifs is 1. The molecule has 0 fully saturated rings. The SMILES string of the molecule is CN1C(=O)c2cc(Cl)ccc2OCC1C(=O)O. The van der Waals surface area contributed by atoms with Gasteiger partial charge in [0.05, 0.1) is 5.56 Å². The second kappa shape index (κ2) is 4.25. The number of halogens is 1. The average Bonchev–Trinajstić information content (AvgIpc) is 2.39. The third-order valence-corrected chi connectivity index (χ3v) is 2.88. The molecule has 1 aromatic rings. The number of amides is 1. The van der Waals surface area contributed by atoms with Crippen LogP contribution in [0.25, 0.3) is 0 Å². The van der Waals surface area contributed by atoms with E-state index in [1.165, 1.54) is 13.1 Å². The van der Waals surface area contributed by atoms with E-state index in [9.17, 15) is 9.59 Å². The van der Waals surface area contributed by atoms with E-state index in [4.69, 9.17) is 21.4 Å². The maximum Gasteiger partial charge on any atom is 0.330 e. The molecule has 0 spiro atoms. The molecule has 0 aliphatic carbocycles. The molecule has 1 aliphatic heterocycles. The summed E-state index contributed by atoms with van der Waals surface area (Å²) in [7, 11) is 1.43. The first-order chi connectivity index (χ1) is 8.00. The number of carboxylic acids is 1. The Labute approximate surface area is 103 Å². The summed E-state index contributed by atoms with van der Waals surface area (Å²) in [5, 5.41) is 9.39. The summed E-state index contributed by atoms with van der Waals surface area (Å²) >= 11 is 5.80. The molecule has 90 valence electrons. The summed E-state index contributed by atoms with van der Waals surface area (Å²) in [6, 6.07) is 3.64. The second-order valence-electron chi connectivity index (χ2n) is 3.72. The van der Waals surface area contributed by atoms with Crippen LogP contribution >= 0.6 is 11.6 Å². The van der Waals surface area contributed by atoms with Gasteiger partial charge in [0, 0.05) is 12.1 Å². The van der Waals surface area contributed by atoms with Crippen molar-refractivity contribution < 1.29 is 19.4 Å². The Morgan fingerprint density at radius 3 is 2.94 bits per heavy atom. The summed E-state index contributed by atoms with van der Waals surface area (Å²) in [5.74, 6) is -1.15. The molecule has 0 saturated heterocycles. The van der Waals surface area contributed by atoms with Gasteiger partial charge in [0.1, 0.15) is 12.4 Å². The predicted octanol–water partition coefficient (Wildman–Crippen LogP) is 1.26. The number of carboxylic acid groups (broad SMARTS) is 1. The van der Waals surface area contributed by atoms with Gasteiger partial charge in [-0.05, 0) is 18.2 Å². The van der Waals surface area contributed by atoms with E-state index in [2.05, 4.69) is 0 Å². The summed E-state index contributed by atoms with van der Waals surface area (Å²) in [6.07, 6.45) is 0. The molecule has 0 aromatic heterocycles. The van der Waals surface area contributed by atoms with E-state index in [0.29, 0.717) is 10.8 Å². The zero-order valence-electron chi connectivity index (χ0n) is 9.01. The number of rotatable bonds is 1. The highest BCUT2D eigenvalue weighted by atomic mass is 35.5. The van der Waals surface area contributed by atoms with E-state index in [0.717, 1.165) is 4.90 Å². The van der Waals surface area contributed by atoms with Gasteiger partial charge in [-0.3, -0.25) is 4.79 Å². The van der Waals surface area contributed by atoms with Gasteiger partial charge in [0.15, 0.2) is 6.04 Å². The number of carbonyl (C=O) groups excluding carboxylic acids is 1. The molecule has 0 saturated carbocycles. The Morgan fingerprint density at radius 1 is 1.59 bits per heavy atom. The number of benzene rings is 1. The van der Waals surface area contributed by atoms with Gasteiger partial charge >= 0.3 is 5.97 Å². The topological polar surface area (TPSA) is 66.8 Å². The van der Waals surface area contributed by atoms with Crippen LogP contribution in [0.2, 0.25) is 5.02 Å². The molecule has 0 bridgehead atoms. The fourth-order valence-corrected chi connectivity index (χ4v) is 1.82. The summed E-state index contributed by atoms with van der Waals surface area (Å²) in [6.45, 7) is -0.0772. The minimum absolute atomic E-state index is 0.0772. The van der Waals surface area contributed by atoms with Crippen molar-refractivity contribution >= 4 is 23.5 Å². The van der Waals surface area contributed by atoms with Crippen LogP contribution in [0, 0.1) is 0 Å². The fraction of sp³-hybridized carbons (Fsp3) is 0.273. The third kappa shape index (κ3) is 2.06. The van der Waals surface area contributed by atoms with Gasteiger partial charge in [0.25, 0.3) is 5.91 Å². The smallest absolute Gasteiger partial charge is 0.330 e. The minimum Gasteiger partial charge on any atom is -0.490 e. The Balaban J connectivity index is 2.44. The van der Waals surface area contributed by atoms with Crippen molar-refractivity contribution in [3.63, 3.8) is 0 Å². The first-order valence-electron chi connectivity index (χ1n) is 4.93. The first-order valence-corrected chi connectivity index (χ1v) is 5.31. The number of likely N-dealkylation sites (N-methyl/N-ethyl adjacent to an activating group) is 1. The quantitative estimate of drug-likeness (QED) is 0.820. The third-order valence-electron chi connectivity index (χ3n) is 2.64. The van der Waals surface area contributed by atoms with Crippen molar-refractivity contribution in [1.82, 2.24) is 4.90 Å². The van der Waals surface area contributed by atoms with Gasteiger partial charge in [-0.25, -0.2) is 4.79 Å². The van der Waals surface area contributed by atoms with Crippen LogP contribution in [0.4, 0.5) is 0 Å². The number of hydrogen-bond acceptors (Lipinski definition) is 3. The van der Waals surface area contributed by atoms with Gasteiger partial charge < -0.3 is 14.7 Å². The molecule has 1 N–H and O–H groups in total. The van der Waals surface area contributed by atoms with Gasteiger partial charge in [-0.2, -0.15) is 0 Å². The van der Waals surface area contributed by atoms with E-state index in [1.807, 2.05) is 0 Å². The zero-order chi connectivity index (χ0) is 12.6. The first kappa shape index (κ1) is 11.7. The summed E-state index contributed by atoms with van der Waals surface area (Å²) in [4.78, 5) is 24.2. The van der Waals surface area contributed by atoms with E-state index < -0.39 is 17.9 Å². The summed E-state index contributed by atoms with van der Waals surface area (Å²) < 4.78 is 5.32. The largest absolute Gasteiger partial charge is 0.490 e. The Morgan fingerprint density at radius 2 is 2.29 bits per heavy atom. The van der Waals surface area contributed by atoms with Crippen molar-refractivity contribution in [2.45, 2.75) is 6.04 Å². The molecule has 1 atom stereocenters. The van der Waals surface area contributed by atoms with Crippen molar-refractivity contribution in [3.8, 4) is 5.75 Å². The van der Waals surface area contributed by atoms with Crippen LogP contribution in [0.5, 0.6) is 5.75 Å². The molecule has 1 aliphatic rings. The van der Waals surface area contributed by atoms with Crippen LogP contribution in [-0.4, -0.2) is 41.6 Å². The highest BCUT2D eigenvalue weighted by Gasteiger charge is 2.32. The molecule has 0 radical (unpaired) electrons. The number of aliphatic carboxylic acids is 1.